The number of aromatic hydroxyl groups is 1. The number of phenolic OH excluding ortho intramolecular Hbond substituents is 1. The number of esters is 1. The summed E-state index contributed by atoms with van der Waals surface area (Å²) in [6.45, 7) is 3.69. The molecule has 0 aliphatic heterocycles. The third-order valence-electron chi connectivity index (χ3n) is 3.40. The number of hydrogen-bond acceptors (Lipinski definition) is 4. The minimum absolute atomic E-state index is 0.116. The molecule has 0 saturated heterocycles. The summed E-state index contributed by atoms with van der Waals surface area (Å²) in [5.74, 6) is -0.144. The van der Waals surface area contributed by atoms with E-state index in [4.69, 9.17) is 4.74 Å². The van der Waals surface area contributed by atoms with Gasteiger partial charge in [-0.15, -0.1) is 6.58 Å². The number of carbonyl (C=O) groups is 2. The smallest absolute Gasteiger partial charge is 0.311 e. The molecule has 1 N–H and O–H groups in total. The van der Waals surface area contributed by atoms with Gasteiger partial charge in [-0.25, -0.2) is 0 Å². The fraction of sp³-hybridized carbons (Fsp3) is 0.444. The minimum atomic E-state index is -0.311. The number of carbonyl (C=O) groups excluding carboxylic acids is 2. The van der Waals surface area contributed by atoms with E-state index in [1.54, 1.807) is 0 Å². The maximum atomic E-state index is 11.7. The highest BCUT2D eigenvalue weighted by Crippen LogP contribution is 2.22. The van der Waals surface area contributed by atoms with E-state index in [9.17, 15) is 14.7 Å². The van der Waals surface area contributed by atoms with Crippen molar-refractivity contribution in [3.63, 3.8) is 0 Å². The Balaban J connectivity index is 2.18. The molecule has 0 saturated carbocycles. The summed E-state index contributed by atoms with van der Waals surface area (Å²) in [6.07, 6.45) is 10.4. The minimum Gasteiger partial charge on any atom is -0.507 e. The molecule has 0 bridgehead atoms. The highest BCUT2D eigenvalue weighted by molar-refractivity contribution is 5.80. The van der Waals surface area contributed by atoms with Gasteiger partial charge in [0.05, 0.1) is 5.56 Å². The second kappa shape index (κ2) is 10.6. The van der Waals surface area contributed by atoms with Gasteiger partial charge < -0.3 is 9.84 Å². The lowest BCUT2D eigenvalue weighted by atomic mass is 10.1. The van der Waals surface area contributed by atoms with Crippen molar-refractivity contribution < 1.29 is 19.4 Å². The van der Waals surface area contributed by atoms with Crippen molar-refractivity contribution >= 4 is 12.3 Å². The van der Waals surface area contributed by atoms with Crippen LogP contribution in [0.2, 0.25) is 0 Å². The zero-order valence-electron chi connectivity index (χ0n) is 12.9. The quantitative estimate of drug-likeness (QED) is 0.216. The maximum Gasteiger partial charge on any atom is 0.311 e. The maximum absolute atomic E-state index is 11.7. The predicted molar refractivity (Wildman–Crippen MR) is 86.3 cm³/mol. The molecule has 1 rings (SSSR count). The molecule has 0 radical (unpaired) electrons. The van der Waals surface area contributed by atoms with E-state index in [1.165, 1.54) is 37.5 Å². The van der Waals surface area contributed by atoms with E-state index in [0.717, 1.165) is 25.7 Å². The van der Waals surface area contributed by atoms with Gasteiger partial charge in [0.25, 0.3) is 0 Å². The molecule has 120 valence electrons. The Kier molecular flexibility index (Phi) is 8.65. The van der Waals surface area contributed by atoms with E-state index in [2.05, 4.69) is 6.58 Å². The Morgan fingerprint density at radius 3 is 2.50 bits per heavy atom. The van der Waals surface area contributed by atoms with Gasteiger partial charge >= 0.3 is 5.97 Å². The molecule has 0 aliphatic carbocycles. The third-order valence-corrected chi connectivity index (χ3v) is 3.40. The molecule has 4 nitrogen and oxygen atoms in total. The van der Waals surface area contributed by atoms with Gasteiger partial charge in [-0.3, -0.25) is 9.59 Å². The lowest BCUT2D eigenvalue weighted by molar-refractivity contribution is -0.134. The highest BCUT2D eigenvalue weighted by atomic mass is 16.5. The summed E-state index contributed by atoms with van der Waals surface area (Å²) >= 11 is 0. The van der Waals surface area contributed by atoms with Gasteiger partial charge in [-0.1, -0.05) is 31.8 Å². The van der Waals surface area contributed by atoms with Crippen LogP contribution in [0.25, 0.3) is 0 Å². The number of hydrogen-bond donors (Lipinski definition) is 1. The fourth-order valence-electron chi connectivity index (χ4n) is 2.14. The van der Waals surface area contributed by atoms with Crippen LogP contribution in [0.15, 0.2) is 30.9 Å². The molecule has 0 atom stereocenters. The summed E-state index contributed by atoms with van der Waals surface area (Å²) in [6, 6.07) is 4.18. The van der Waals surface area contributed by atoms with E-state index in [0.29, 0.717) is 12.7 Å². The molecule has 0 aromatic heterocycles. The van der Waals surface area contributed by atoms with Crippen LogP contribution in [-0.4, -0.2) is 17.4 Å². The first-order valence-electron chi connectivity index (χ1n) is 7.77. The highest BCUT2D eigenvalue weighted by Gasteiger charge is 2.07. The van der Waals surface area contributed by atoms with Gasteiger partial charge in [0.1, 0.15) is 11.5 Å². The SMILES string of the molecule is C=CCCCCCCCCC(=O)Oc1ccc(O)c(C=O)c1. The first-order valence-corrected chi connectivity index (χ1v) is 7.77. The number of benzene rings is 1. The van der Waals surface area contributed by atoms with Crippen LogP contribution in [0.3, 0.4) is 0 Å². The topological polar surface area (TPSA) is 63.6 Å². The van der Waals surface area contributed by atoms with Crippen molar-refractivity contribution in [3.8, 4) is 11.5 Å². The van der Waals surface area contributed by atoms with Crippen molar-refractivity contribution in [3.05, 3.63) is 36.4 Å². The number of aldehydes is 1. The van der Waals surface area contributed by atoms with E-state index in [-0.39, 0.29) is 23.0 Å². The number of rotatable bonds is 11. The predicted octanol–water partition coefficient (Wildman–Crippen LogP) is 4.42. The standard InChI is InChI=1S/C18H24O4/c1-2-3-4-5-6-7-8-9-10-18(21)22-16-11-12-17(20)15(13-16)14-19/h2,11-14,20H,1,3-10H2. The molecule has 0 aliphatic rings. The Morgan fingerprint density at radius 1 is 1.14 bits per heavy atom. The molecule has 4 heteroatoms. The van der Waals surface area contributed by atoms with Crippen LogP contribution in [0.4, 0.5) is 0 Å². The first-order chi connectivity index (χ1) is 10.7. The average molecular weight is 304 g/mol. The van der Waals surface area contributed by atoms with Crippen LogP contribution >= 0.6 is 0 Å². The molecule has 0 unspecified atom stereocenters. The van der Waals surface area contributed by atoms with Crippen LogP contribution in [0.1, 0.15) is 61.7 Å². The van der Waals surface area contributed by atoms with E-state index < -0.39 is 0 Å². The van der Waals surface area contributed by atoms with Gasteiger partial charge in [-0.2, -0.15) is 0 Å². The molecule has 1 aromatic carbocycles. The van der Waals surface area contributed by atoms with Gasteiger partial charge in [-0.05, 0) is 37.5 Å². The van der Waals surface area contributed by atoms with Gasteiger partial charge in [0.2, 0.25) is 0 Å². The third kappa shape index (κ3) is 7.07. The Bertz CT molecular complexity index is 494. The lowest BCUT2D eigenvalue weighted by Crippen LogP contribution is -2.07. The van der Waals surface area contributed by atoms with Crippen molar-refractivity contribution in [2.24, 2.45) is 0 Å². The normalized spacial score (nSPS) is 10.2. The number of unbranched alkanes of at least 4 members (excludes halogenated alkanes) is 6. The summed E-state index contributed by atoms with van der Waals surface area (Å²) in [4.78, 5) is 22.4. The Hall–Kier alpha value is -2.10. The van der Waals surface area contributed by atoms with Crippen molar-refractivity contribution in [2.45, 2.75) is 51.4 Å². The van der Waals surface area contributed by atoms with Gasteiger partial charge in [0.15, 0.2) is 6.29 Å². The van der Waals surface area contributed by atoms with Crippen LogP contribution in [0.5, 0.6) is 11.5 Å². The lowest BCUT2D eigenvalue weighted by Gasteiger charge is -2.06. The summed E-state index contributed by atoms with van der Waals surface area (Å²) in [5, 5.41) is 9.37. The molecule has 22 heavy (non-hydrogen) atoms. The molecular weight excluding hydrogens is 280 g/mol. The van der Waals surface area contributed by atoms with Crippen LogP contribution < -0.4 is 4.74 Å². The van der Waals surface area contributed by atoms with Crippen molar-refractivity contribution in [1.29, 1.82) is 0 Å². The molecule has 1 aromatic rings. The summed E-state index contributed by atoms with van der Waals surface area (Å²) < 4.78 is 5.15. The van der Waals surface area contributed by atoms with Crippen LogP contribution in [-0.2, 0) is 4.79 Å². The second-order valence-corrected chi connectivity index (χ2v) is 5.26. The molecule has 0 fully saturated rings. The van der Waals surface area contributed by atoms with Crippen molar-refractivity contribution in [1.82, 2.24) is 0 Å². The summed E-state index contributed by atoms with van der Waals surface area (Å²) in [7, 11) is 0. The fourth-order valence-corrected chi connectivity index (χ4v) is 2.14. The first kappa shape index (κ1) is 18.0. The average Bonchev–Trinajstić information content (AvgIpc) is 2.51. The van der Waals surface area contributed by atoms with Crippen LogP contribution in [0, 0.1) is 0 Å². The van der Waals surface area contributed by atoms with E-state index >= 15 is 0 Å². The zero-order valence-corrected chi connectivity index (χ0v) is 12.9. The molecule has 0 heterocycles. The number of ether oxygens (including phenoxy) is 1. The largest absolute Gasteiger partial charge is 0.507 e. The van der Waals surface area contributed by atoms with Gasteiger partial charge in [0, 0.05) is 6.42 Å². The zero-order chi connectivity index (χ0) is 16.2. The molecule has 0 spiro atoms. The number of allylic oxidation sites excluding steroid dienone is 1. The molecule has 0 amide bonds. The Labute approximate surface area is 131 Å². The summed E-state index contributed by atoms with van der Waals surface area (Å²) in [5.41, 5.74) is 0.116. The second-order valence-electron chi connectivity index (χ2n) is 5.26. The Morgan fingerprint density at radius 2 is 1.82 bits per heavy atom. The van der Waals surface area contributed by atoms with E-state index in [1.807, 2.05) is 6.08 Å². The number of phenols is 1. The molecular formula is C18H24O4. The van der Waals surface area contributed by atoms with Crippen molar-refractivity contribution in [2.75, 3.05) is 0 Å². The monoisotopic (exact) mass is 304 g/mol.